The third-order valence-electron chi connectivity index (χ3n) is 11.6. The molecule has 3 nitrogen and oxygen atoms in total. The van der Waals surface area contributed by atoms with Crippen LogP contribution >= 0.6 is 0 Å². The van der Waals surface area contributed by atoms with Gasteiger partial charge in [-0.25, -0.2) is 0 Å². The maximum atomic E-state index is 11.7. The Morgan fingerprint density at radius 3 is 2.41 bits per heavy atom. The lowest BCUT2D eigenvalue weighted by molar-refractivity contribution is -0.0558. The molecule has 3 saturated carbocycles. The average molecular weight is 493 g/mol. The number of allylic oxidation sites excluding steroid dienone is 1. The van der Waals surface area contributed by atoms with E-state index in [1.807, 2.05) is 0 Å². The molecule has 3 fully saturated rings. The van der Waals surface area contributed by atoms with Gasteiger partial charge in [-0.05, 0) is 110 Å². The zero-order valence-corrected chi connectivity index (χ0v) is 23.9. The van der Waals surface area contributed by atoms with E-state index in [-0.39, 0.29) is 11.5 Å². The molecule has 0 radical (unpaired) electrons. The molecule has 0 heterocycles. The van der Waals surface area contributed by atoms with Gasteiger partial charge in [-0.3, -0.25) is 4.18 Å². The molecule has 0 spiro atoms. The van der Waals surface area contributed by atoms with Crippen molar-refractivity contribution in [3.8, 4) is 0 Å². The van der Waals surface area contributed by atoms with Crippen molar-refractivity contribution in [1.29, 1.82) is 0 Å². The van der Waals surface area contributed by atoms with Crippen molar-refractivity contribution in [2.45, 2.75) is 118 Å². The van der Waals surface area contributed by atoms with E-state index in [0.717, 1.165) is 60.7 Å². The molecule has 4 heteroatoms. The highest BCUT2D eigenvalue weighted by molar-refractivity contribution is 7.86. The SMILES string of the molecule is CC[C@H](CC[C@@H](C)C1CC[C@H]2[C@@H]3CC=C4C[C@@H](OS(C)(=O)=O)CCC4(C)C3CCC12C)C(C)C. The first kappa shape index (κ1) is 26.7. The van der Waals surface area contributed by atoms with Crippen LogP contribution in [0.2, 0.25) is 0 Å². The molecule has 4 rings (SSSR count). The largest absolute Gasteiger partial charge is 0.267 e. The normalized spacial score (nSPS) is 41.9. The first-order valence-corrected chi connectivity index (χ1v) is 16.3. The summed E-state index contributed by atoms with van der Waals surface area (Å²) in [4.78, 5) is 0. The van der Waals surface area contributed by atoms with Gasteiger partial charge in [0.05, 0.1) is 12.4 Å². The Hall–Kier alpha value is -0.350. The standard InChI is InChI=1S/C30H52O3S/c1-8-22(20(2)3)10-9-21(4)26-13-14-27-25-12-11-23-19-24(33-34(7,31)32)15-17-29(23,5)28(25)16-18-30(26,27)6/h11,20-22,24-28H,8-10,12-19H2,1-7H3/t21-,22-,24+,25+,26?,27+,28?,29?,30?/m1/s1. The first-order chi connectivity index (χ1) is 15.9. The van der Waals surface area contributed by atoms with Crippen LogP contribution < -0.4 is 0 Å². The maximum Gasteiger partial charge on any atom is 0.264 e. The molecular weight excluding hydrogens is 440 g/mol. The molecule has 0 amide bonds. The minimum atomic E-state index is -3.38. The van der Waals surface area contributed by atoms with Crippen molar-refractivity contribution >= 4 is 10.1 Å². The lowest BCUT2D eigenvalue weighted by Crippen LogP contribution is -2.51. The second kappa shape index (κ2) is 9.84. The van der Waals surface area contributed by atoms with E-state index < -0.39 is 10.1 Å². The van der Waals surface area contributed by atoms with E-state index in [1.165, 1.54) is 63.2 Å². The molecule has 196 valence electrons. The predicted octanol–water partition coefficient (Wildman–Crippen LogP) is 8.01. The number of rotatable bonds is 8. The second-order valence-corrected chi connectivity index (χ2v) is 15.2. The van der Waals surface area contributed by atoms with Crippen molar-refractivity contribution in [2.24, 2.45) is 52.3 Å². The summed E-state index contributed by atoms with van der Waals surface area (Å²) in [6.07, 6.45) is 17.3. The third-order valence-corrected chi connectivity index (χ3v) is 12.2. The van der Waals surface area contributed by atoms with Crippen molar-refractivity contribution in [1.82, 2.24) is 0 Å². The summed E-state index contributed by atoms with van der Waals surface area (Å²) in [5, 5.41) is 0. The monoisotopic (exact) mass is 492 g/mol. The zero-order valence-electron chi connectivity index (χ0n) is 23.1. The molecule has 0 aromatic heterocycles. The summed E-state index contributed by atoms with van der Waals surface area (Å²) in [7, 11) is -3.38. The minimum absolute atomic E-state index is 0.158. The predicted molar refractivity (Wildman–Crippen MR) is 142 cm³/mol. The van der Waals surface area contributed by atoms with E-state index in [2.05, 4.69) is 47.6 Å². The zero-order chi connectivity index (χ0) is 24.9. The van der Waals surface area contributed by atoms with Gasteiger partial charge in [-0.1, -0.05) is 66.0 Å². The van der Waals surface area contributed by atoms with Crippen LogP contribution in [0.25, 0.3) is 0 Å². The van der Waals surface area contributed by atoms with Crippen LogP contribution in [0, 0.1) is 52.3 Å². The van der Waals surface area contributed by atoms with Crippen LogP contribution in [0.4, 0.5) is 0 Å². The molecule has 4 aliphatic carbocycles. The minimum Gasteiger partial charge on any atom is -0.267 e. The van der Waals surface area contributed by atoms with Gasteiger partial charge in [0.1, 0.15) is 0 Å². The fourth-order valence-corrected chi connectivity index (χ4v) is 10.3. The molecule has 0 N–H and O–H groups in total. The van der Waals surface area contributed by atoms with E-state index in [0.29, 0.717) is 5.41 Å². The molecular formula is C30H52O3S. The van der Waals surface area contributed by atoms with Crippen LogP contribution in [-0.2, 0) is 14.3 Å². The fourth-order valence-electron chi connectivity index (χ4n) is 9.62. The molecule has 0 aliphatic heterocycles. The maximum absolute atomic E-state index is 11.7. The quantitative estimate of drug-likeness (QED) is 0.254. The van der Waals surface area contributed by atoms with Gasteiger partial charge in [0.15, 0.2) is 0 Å². The van der Waals surface area contributed by atoms with Gasteiger partial charge in [-0.15, -0.1) is 0 Å². The van der Waals surface area contributed by atoms with Gasteiger partial charge >= 0.3 is 0 Å². The van der Waals surface area contributed by atoms with Gasteiger partial charge in [0.25, 0.3) is 10.1 Å². The Kier molecular flexibility index (Phi) is 7.73. The number of hydrogen-bond donors (Lipinski definition) is 0. The lowest BCUT2D eigenvalue weighted by atomic mass is 9.47. The van der Waals surface area contributed by atoms with E-state index in [1.54, 1.807) is 0 Å². The molecule has 0 aromatic carbocycles. The fraction of sp³-hybridized carbons (Fsp3) is 0.933. The van der Waals surface area contributed by atoms with Crippen molar-refractivity contribution in [3.05, 3.63) is 11.6 Å². The molecule has 0 saturated heterocycles. The summed E-state index contributed by atoms with van der Waals surface area (Å²) in [5.74, 6) is 5.87. The van der Waals surface area contributed by atoms with Gasteiger partial charge < -0.3 is 0 Å². The van der Waals surface area contributed by atoms with E-state index in [4.69, 9.17) is 4.18 Å². The Balaban J connectivity index is 1.46. The van der Waals surface area contributed by atoms with Crippen LogP contribution in [0.5, 0.6) is 0 Å². The highest BCUT2D eigenvalue weighted by Crippen LogP contribution is 2.67. The van der Waals surface area contributed by atoms with Crippen LogP contribution in [0.1, 0.15) is 112 Å². The van der Waals surface area contributed by atoms with E-state index >= 15 is 0 Å². The van der Waals surface area contributed by atoms with Crippen LogP contribution in [0.3, 0.4) is 0 Å². The molecule has 4 aliphatic rings. The molecule has 34 heavy (non-hydrogen) atoms. The summed E-state index contributed by atoms with van der Waals surface area (Å²) < 4.78 is 28.8. The Morgan fingerprint density at radius 1 is 1.03 bits per heavy atom. The van der Waals surface area contributed by atoms with Crippen molar-refractivity contribution in [3.63, 3.8) is 0 Å². The highest BCUT2D eigenvalue weighted by Gasteiger charge is 2.59. The Labute approximate surface area is 211 Å². The second-order valence-electron chi connectivity index (χ2n) is 13.6. The molecule has 9 atom stereocenters. The summed E-state index contributed by atoms with van der Waals surface area (Å²) in [5.41, 5.74) is 2.26. The van der Waals surface area contributed by atoms with Gasteiger partial charge in [-0.2, -0.15) is 8.42 Å². The summed E-state index contributed by atoms with van der Waals surface area (Å²) in [6.45, 7) is 14.9. The van der Waals surface area contributed by atoms with Gasteiger partial charge in [0.2, 0.25) is 0 Å². The summed E-state index contributed by atoms with van der Waals surface area (Å²) in [6, 6.07) is 0. The van der Waals surface area contributed by atoms with Crippen LogP contribution in [-0.4, -0.2) is 20.8 Å². The molecule has 0 aromatic rings. The Bertz CT molecular complexity index is 860. The van der Waals surface area contributed by atoms with Crippen molar-refractivity contribution < 1.29 is 12.6 Å². The topological polar surface area (TPSA) is 43.4 Å². The highest BCUT2D eigenvalue weighted by atomic mass is 32.2. The third kappa shape index (κ3) is 4.93. The molecule has 4 unspecified atom stereocenters. The summed E-state index contributed by atoms with van der Waals surface area (Å²) >= 11 is 0. The van der Waals surface area contributed by atoms with Crippen molar-refractivity contribution in [2.75, 3.05) is 6.26 Å². The van der Waals surface area contributed by atoms with Gasteiger partial charge in [0, 0.05) is 0 Å². The number of fused-ring (bicyclic) bond motifs is 5. The van der Waals surface area contributed by atoms with E-state index in [9.17, 15) is 8.42 Å². The smallest absolute Gasteiger partial charge is 0.264 e. The number of hydrogen-bond acceptors (Lipinski definition) is 3. The Morgan fingerprint density at radius 2 is 1.76 bits per heavy atom. The van der Waals surface area contributed by atoms with Crippen LogP contribution in [0.15, 0.2) is 11.6 Å². The lowest BCUT2D eigenvalue weighted by Gasteiger charge is -2.58. The average Bonchev–Trinajstić information content (AvgIpc) is 3.10. The molecule has 0 bridgehead atoms. The first-order valence-electron chi connectivity index (χ1n) is 14.5.